The lowest BCUT2D eigenvalue weighted by Gasteiger charge is -2.32. The lowest BCUT2D eigenvalue weighted by Crippen LogP contribution is -2.47. The number of methoxy groups -OCH3 is 1. The van der Waals surface area contributed by atoms with E-state index in [2.05, 4.69) is 37.7 Å². The zero-order chi connectivity index (χ0) is 28.6. The summed E-state index contributed by atoms with van der Waals surface area (Å²) in [6, 6.07) is 7.89. The van der Waals surface area contributed by atoms with Crippen LogP contribution < -0.4 is 5.32 Å². The van der Waals surface area contributed by atoms with Crippen molar-refractivity contribution in [1.82, 2.24) is 19.8 Å². The lowest BCUT2D eigenvalue weighted by molar-refractivity contribution is -0.139. The number of carbonyl (C=O) groups excluding carboxylic acids is 2. The maximum atomic E-state index is 12.1. The second-order valence-corrected chi connectivity index (χ2v) is 10.7. The van der Waals surface area contributed by atoms with Crippen LogP contribution in [-0.2, 0) is 20.8 Å². The molecule has 1 atom stereocenters. The molecule has 1 unspecified atom stereocenters. The number of para-hydroxylation sites is 2. The first-order valence-electron chi connectivity index (χ1n) is 14.5. The number of hydrogen-bond donors (Lipinski definition) is 1. The summed E-state index contributed by atoms with van der Waals surface area (Å²) in [7, 11) is 1.72. The molecular formula is C31H50N4O4. The topological polar surface area (TPSA) is 85.7 Å². The van der Waals surface area contributed by atoms with Crippen molar-refractivity contribution >= 4 is 22.7 Å². The van der Waals surface area contributed by atoms with Gasteiger partial charge >= 0.3 is 0 Å². The molecule has 1 amide bonds. The second-order valence-electron chi connectivity index (χ2n) is 10.7. The van der Waals surface area contributed by atoms with Gasteiger partial charge in [0.05, 0.1) is 30.2 Å². The Balaban J connectivity index is 0.000000238. The molecule has 8 nitrogen and oxygen atoms in total. The Morgan fingerprint density at radius 3 is 2.49 bits per heavy atom. The fraction of sp³-hybridized carbons (Fsp3) is 0.645. The number of benzene rings is 1. The number of hydrogen-bond acceptors (Lipinski definition) is 6. The van der Waals surface area contributed by atoms with Crippen molar-refractivity contribution in [3.8, 4) is 0 Å². The van der Waals surface area contributed by atoms with Crippen LogP contribution >= 0.6 is 0 Å². The molecule has 2 aliphatic heterocycles. The van der Waals surface area contributed by atoms with Gasteiger partial charge in [-0.2, -0.15) is 0 Å². The second kappa shape index (κ2) is 17.9. The van der Waals surface area contributed by atoms with Crippen LogP contribution in [0.4, 0.5) is 0 Å². The average Bonchev–Trinajstić information content (AvgIpc) is 3.32. The average molecular weight is 543 g/mol. The van der Waals surface area contributed by atoms with Gasteiger partial charge in [0, 0.05) is 53.4 Å². The van der Waals surface area contributed by atoms with Crippen molar-refractivity contribution in [2.24, 2.45) is 11.8 Å². The van der Waals surface area contributed by atoms with E-state index in [0.717, 1.165) is 87.5 Å². The van der Waals surface area contributed by atoms with E-state index in [4.69, 9.17) is 9.47 Å². The molecule has 1 aromatic heterocycles. The first kappa shape index (κ1) is 32.7. The summed E-state index contributed by atoms with van der Waals surface area (Å²) in [5.74, 6) is 1.81. The third-order valence-electron chi connectivity index (χ3n) is 6.99. The van der Waals surface area contributed by atoms with Crippen molar-refractivity contribution in [3.63, 3.8) is 0 Å². The van der Waals surface area contributed by atoms with Gasteiger partial charge in [-0.15, -0.1) is 0 Å². The number of aryl methyl sites for hydroxylation is 1. The summed E-state index contributed by atoms with van der Waals surface area (Å²) >= 11 is 0. The normalized spacial score (nSPS) is 17.3. The molecule has 8 heteroatoms. The number of piperidine rings is 1. The van der Waals surface area contributed by atoms with E-state index in [9.17, 15) is 9.59 Å². The van der Waals surface area contributed by atoms with E-state index >= 15 is 0 Å². The van der Waals surface area contributed by atoms with Crippen molar-refractivity contribution in [3.05, 3.63) is 42.2 Å². The van der Waals surface area contributed by atoms with E-state index in [-0.39, 0.29) is 17.6 Å². The summed E-state index contributed by atoms with van der Waals surface area (Å²) < 4.78 is 12.3. The number of amides is 1. The van der Waals surface area contributed by atoms with E-state index in [1.165, 1.54) is 6.42 Å². The number of rotatable bonds is 9. The van der Waals surface area contributed by atoms with Crippen LogP contribution in [-0.4, -0.2) is 79.3 Å². The third-order valence-corrected chi connectivity index (χ3v) is 6.99. The number of ether oxygens (including phenoxy) is 2. The molecule has 0 aliphatic carbocycles. The van der Waals surface area contributed by atoms with Gasteiger partial charge < -0.3 is 24.3 Å². The first-order chi connectivity index (χ1) is 18.8. The largest absolute Gasteiger partial charge is 0.385 e. The van der Waals surface area contributed by atoms with Crippen LogP contribution in [0.1, 0.15) is 70.4 Å². The Bertz CT molecular complexity index is 1030. The maximum absolute atomic E-state index is 12.1. The monoisotopic (exact) mass is 542 g/mol. The number of fused-ring (bicyclic) bond motifs is 1. The molecule has 2 aliphatic rings. The number of imidazole rings is 1. The zero-order valence-electron chi connectivity index (χ0n) is 24.8. The summed E-state index contributed by atoms with van der Waals surface area (Å²) in [5.41, 5.74) is 3.07. The van der Waals surface area contributed by atoms with Crippen molar-refractivity contribution in [1.29, 1.82) is 0 Å². The minimum atomic E-state index is 0.0214. The number of ketones is 1. The Morgan fingerprint density at radius 1 is 1.18 bits per heavy atom. The maximum Gasteiger partial charge on any atom is 0.227 e. The first-order valence-corrected chi connectivity index (χ1v) is 14.5. The van der Waals surface area contributed by atoms with E-state index in [1.54, 1.807) is 14.0 Å². The van der Waals surface area contributed by atoms with Crippen LogP contribution in [0.2, 0.25) is 0 Å². The van der Waals surface area contributed by atoms with Gasteiger partial charge in [-0.1, -0.05) is 51.5 Å². The molecule has 0 spiro atoms. The SMILES string of the molecule is C=C1CNCC(C(=O)N2CCOCC2)C1.CCC(C)C.COCCCCCn1c(C(C)=O)nc2ccccc21. The van der Waals surface area contributed by atoms with E-state index < -0.39 is 0 Å². The quantitative estimate of drug-likeness (QED) is 0.269. The number of aromatic nitrogens is 2. The smallest absolute Gasteiger partial charge is 0.227 e. The van der Waals surface area contributed by atoms with Crippen LogP contribution in [0.3, 0.4) is 0 Å². The summed E-state index contributed by atoms with van der Waals surface area (Å²) in [6.07, 6.45) is 5.32. The molecule has 0 radical (unpaired) electrons. The number of carbonyl (C=O) groups is 2. The fourth-order valence-electron chi connectivity index (χ4n) is 4.40. The number of nitrogens with zero attached hydrogens (tertiary/aromatic N) is 3. The summed E-state index contributed by atoms with van der Waals surface area (Å²) in [4.78, 5) is 30.1. The van der Waals surface area contributed by atoms with Gasteiger partial charge in [-0.05, 0) is 43.7 Å². The molecule has 4 rings (SSSR count). The van der Waals surface area contributed by atoms with Crippen LogP contribution in [0, 0.1) is 11.8 Å². The van der Waals surface area contributed by atoms with Crippen LogP contribution in [0.15, 0.2) is 36.4 Å². The molecule has 39 heavy (non-hydrogen) atoms. The number of Topliss-reactive ketones (excluding diaryl/α,β-unsaturated/α-hetero) is 1. The summed E-state index contributed by atoms with van der Waals surface area (Å²) in [5, 5.41) is 3.23. The Kier molecular flexibility index (Phi) is 15.0. The highest BCUT2D eigenvalue weighted by atomic mass is 16.5. The molecule has 1 N–H and O–H groups in total. The molecule has 2 fully saturated rings. The molecule has 2 saturated heterocycles. The molecule has 1 aromatic carbocycles. The molecular weight excluding hydrogens is 492 g/mol. The molecule has 2 aromatic rings. The van der Waals surface area contributed by atoms with Crippen molar-refractivity contribution in [2.45, 2.75) is 66.3 Å². The van der Waals surface area contributed by atoms with E-state index in [1.807, 2.05) is 33.7 Å². The molecule has 3 heterocycles. The Hall–Kier alpha value is -2.55. The van der Waals surface area contributed by atoms with Crippen LogP contribution in [0.25, 0.3) is 11.0 Å². The number of unbranched alkanes of at least 4 members (excludes halogenated alkanes) is 2. The highest BCUT2D eigenvalue weighted by Crippen LogP contribution is 2.18. The van der Waals surface area contributed by atoms with Gasteiger partial charge in [0.1, 0.15) is 0 Å². The highest BCUT2D eigenvalue weighted by molar-refractivity contribution is 5.94. The van der Waals surface area contributed by atoms with Gasteiger partial charge in [0.15, 0.2) is 11.6 Å². The Labute approximate surface area is 235 Å². The molecule has 218 valence electrons. The predicted molar refractivity (Wildman–Crippen MR) is 158 cm³/mol. The van der Waals surface area contributed by atoms with Gasteiger partial charge in [0.25, 0.3) is 0 Å². The molecule has 0 bridgehead atoms. The van der Waals surface area contributed by atoms with E-state index in [0.29, 0.717) is 19.0 Å². The minimum Gasteiger partial charge on any atom is -0.385 e. The lowest BCUT2D eigenvalue weighted by atomic mass is 9.95. The third kappa shape index (κ3) is 11.2. The highest BCUT2D eigenvalue weighted by Gasteiger charge is 2.27. The van der Waals surface area contributed by atoms with Gasteiger partial charge in [-0.25, -0.2) is 4.98 Å². The van der Waals surface area contributed by atoms with Crippen LogP contribution in [0.5, 0.6) is 0 Å². The Morgan fingerprint density at radius 2 is 1.87 bits per heavy atom. The number of nitrogens with one attached hydrogen (secondary N) is 1. The standard InChI is InChI=1S/C15H20N2O2.C11H18N2O2.C5H12/c1-12(18)15-16-13-8-4-5-9-14(13)17(15)10-6-3-7-11-19-2;1-9-6-10(8-12-7-9)11(14)13-2-4-15-5-3-13;1-4-5(2)3/h4-5,8-9H,3,6-7,10-11H2,1-2H3;10,12H,1-8H2;5H,4H2,1-3H3. The zero-order valence-corrected chi connectivity index (χ0v) is 24.8. The fourth-order valence-corrected chi connectivity index (χ4v) is 4.40. The van der Waals surface area contributed by atoms with Gasteiger partial charge in [0.2, 0.25) is 5.91 Å². The number of morpholine rings is 1. The minimum absolute atomic E-state index is 0.0214. The van der Waals surface area contributed by atoms with Gasteiger partial charge in [-0.3, -0.25) is 9.59 Å². The van der Waals surface area contributed by atoms with Crippen molar-refractivity contribution < 1.29 is 19.1 Å². The predicted octanol–water partition coefficient (Wildman–Crippen LogP) is 5.12. The molecule has 0 saturated carbocycles. The summed E-state index contributed by atoms with van der Waals surface area (Å²) in [6.45, 7) is 18.2. The van der Waals surface area contributed by atoms with Crippen molar-refractivity contribution in [2.75, 3.05) is 53.1 Å².